The summed E-state index contributed by atoms with van der Waals surface area (Å²) in [5.41, 5.74) is 2.54. The van der Waals surface area contributed by atoms with E-state index in [4.69, 9.17) is 12.2 Å². The number of hydrogen-bond donors (Lipinski definition) is 0. The second-order valence-electron chi connectivity index (χ2n) is 2.95. The standard InChI is InChI=1S/C10H11NS/c1-2-11-7-10(12)8-5-3-4-6-9(8)11/h3-6H,2,7H2,1H3. The fourth-order valence-corrected chi connectivity index (χ4v) is 1.94. The fourth-order valence-electron chi connectivity index (χ4n) is 1.61. The number of rotatable bonds is 1. The molecule has 12 heavy (non-hydrogen) atoms. The minimum absolute atomic E-state index is 0.922. The van der Waals surface area contributed by atoms with E-state index in [-0.39, 0.29) is 0 Å². The maximum atomic E-state index is 5.28. The Hall–Kier alpha value is -0.890. The molecule has 0 radical (unpaired) electrons. The molecule has 1 heterocycles. The van der Waals surface area contributed by atoms with E-state index in [9.17, 15) is 0 Å². The Labute approximate surface area is 78.0 Å². The molecule has 0 aromatic heterocycles. The van der Waals surface area contributed by atoms with Gasteiger partial charge in [0, 0.05) is 22.7 Å². The van der Waals surface area contributed by atoms with Gasteiger partial charge in [0.15, 0.2) is 0 Å². The van der Waals surface area contributed by atoms with Crippen LogP contribution in [0.15, 0.2) is 24.3 Å². The van der Waals surface area contributed by atoms with Gasteiger partial charge in [-0.25, -0.2) is 0 Å². The summed E-state index contributed by atoms with van der Waals surface area (Å²) in [7, 11) is 0. The summed E-state index contributed by atoms with van der Waals surface area (Å²) in [4.78, 5) is 3.38. The second-order valence-corrected chi connectivity index (χ2v) is 3.45. The average molecular weight is 177 g/mol. The molecule has 0 saturated carbocycles. The fraction of sp³-hybridized carbons (Fsp3) is 0.300. The Morgan fingerprint density at radius 3 is 2.92 bits per heavy atom. The molecule has 1 aromatic rings. The number of fused-ring (bicyclic) bond motifs is 1. The lowest BCUT2D eigenvalue weighted by atomic mass is 10.2. The van der Waals surface area contributed by atoms with E-state index in [2.05, 4.69) is 30.0 Å². The van der Waals surface area contributed by atoms with Crippen LogP contribution in [0, 0.1) is 0 Å². The molecule has 0 saturated heterocycles. The number of likely N-dealkylation sites (N-methyl/N-ethyl adjacent to an activating group) is 1. The summed E-state index contributed by atoms with van der Waals surface area (Å²) in [5, 5.41) is 0. The van der Waals surface area contributed by atoms with E-state index in [1.807, 2.05) is 6.07 Å². The van der Waals surface area contributed by atoms with Crippen molar-refractivity contribution in [2.75, 3.05) is 18.0 Å². The molecule has 1 aromatic carbocycles. The summed E-state index contributed by atoms with van der Waals surface area (Å²) in [6.07, 6.45) is 0. The Kier molecular flexibility index (Phi) is 1.85. The summed E-state index contributed by atoms with van der Waals surface area (Å²) in [6.45, 7) is 4.12. The monoisotopic (exact) mass is 177 g/mol. The highest BCUT2D eigenvalue weighted by Crippen LogP contribution is 2.27. The first-order valence-corrected chi connectivity index (χ1v) is 4.61. The lowest BCUT2D eigenvalue weighted by Gasteiger charge is -2.15. The quantitative estimate of drug-likeness (QED) is 0.605. The van der Waals surface area contributed by atoms with Gasteiger partial charge >= 0.3 is 0 Å². The van der Waals surface area contributed by atoms with Crippen molar-refractivity contribution in [1.82, 2.24) is 0 Å². The zero-order chi connectivity index (χ0) is 8.55. The Morgan fingerprint density at radius 2 is 2.17 bits per heavy atom. The predicted molar refractivity (Wildman–Crippen MR) is 56.0 cm³/mol. The molecular weight excluding hydrogens is 166 g/mol. The smallest absolute Gasteiger partial charge is 0.0538 e. The van der Waals surface area contributed by atoms with Crippen LogP contribution in [0.2, 0.25) is 0 Å². The van der Waals surface area contributed by atoms with E-state index in [0.717, 1.165) is 18.0 Å². The zero-order valence-corrected chi connectivity index (χ0v) is 7.90. The van der Waals surface area contributed by atoms with E-state index in [0.29, 0.717) is 0 Å². The molecule has 0 fully saturated rings. The first-order chi connectivity index (χ1) is 5.83. The van der Waals surface area contributed by atoms with E-state index in [1.165, 1.54) is 11.3 Å². The minimum Gasteiger partial charge on any atom is -0.366 e. The number of hydrogen-bond acceptors (Lipinski definition) is 2. The van der Waals surface area contributed by atoms with Crippen LogP contribution in [-0.2, 0) is 0 Å². The largest absolute Gasteiger partial charge is 0.366 e. The molecule has 0 N–H and O–H groups in total. The maximum absolute atomic E-state index is 5.28. The van der Waals surface area contributed by atoms with Crippen molar-refractivity contribution >= 4 is 22.8 Å². The van der Waals surface area contributed by atoms with Crippen LogP contribution in [0.1, 0.15) is 12.5 Å². The molecule has 2 heteroatoms. The van der Waals surface area contributed by atoms with Crippen molar-refractivity contribution in [2.45, 2.75) is 6.92 Å². The third-order valence-electron chi connectivity index (χ3n) is 2.26. The van der Waals surface area contributed by atoms with Crippen molar-refractivity contribution in [3.05, 3.63) is 29.8 Å². The van der Waals surface area contributed by atoms with Crippen LogP contribution in [0.4, 0.5) is 5.69 Å². The Morgan fingerprint density at radius 1 is 1.42 bits per heavy atom. The van der Waals surface area contributed by atoms with Crippen molar-refractivity contribution in [2.24, 2.45) is 0 Å². The first-order valence-electron chi connectivity index (χ1n) is 4.20. The molecular formula is C10H11NS. The van der Waals surface area contributed by atoms with Crippen molar-refractivity contribution < 1.29 is 0 Å². The number of nitrogens with zero attached hydrogens (tertiary/aromatic N) is 1. The van der Waals surface area contributed by atoms with Gasteiger partial charge in [-0.1, -0.05) is 30.4 Å². The summed E-state index contributed by atoms with van der Waals surface area (Å²) in [6, 6.07) is 8.35. The Bertz CT molecular complexity index is 319. The molecule has 62 valence electrons. The molecule has 0 atom stereocenters. The number of para-hydroxylation sites is 1. The lowest BCUT2D eigenvalue weighted by Crippen LogP contribution is -2.21. The van der Waals surface area contributed by atoms with Crippen LogP contribution in [0.25, 0.3) is 0 Å². The molecule has 0 amide bonds. The first kappa shape index (κ1) is 7.74. The van der Waals surface area contributed by atoms with Gasteiger partial charge in [-0.2, -0.15) is 0 Å². The molecule has 0 spiro atoms. The number of benzene rings is 1. The van der Waals surface area contributed by atoms with Crippen LogP contribution < -0.4 is 4.90 Å². The molecule has 0 bridgehead atoms. The van der Waals surface area contributed by atoms with Gasteiger partial charge in [0.2, 0.25) is 0 Å². The molecule has 0 aliphatic carbocycles. The molecule has 2 rings (SSSR count). The van der Waals surface area contributed by atoms with E-state index < -0.39 is 0 Å². The third kappa shape index (κ3) is 1.03. The van der Waals surface area contributed by atoms with Gasteiger partial charge in [0.1, 0.15) is 0 Å². The van der Waals surface area contributed by atoms with Gasteiger partial charge in [-0.15, -0.1) is 0 Å². The van der Waals surface area contributed by atoms with Gasteiger partial charge in [-0.3, -0.25) is 0 Å². The van der Waals surface area contributed by atoms with Gasteiger partial charge in [0.05, 0.1) is 6.54 Å². The zero-order valence-electron chi connectivity index (χ0n) is 7.08. The maximum Gasteiger partial charge on any atom is 0.0538 e. The normalized spacial score (nSPS) is 15.1. The van der Waals surface area contributed by atoms with Crippen molar-refractivity contribution in [3.8, 4) is 0 Å². The Balaban J connectivity index is 2.50. The van der Waals surface area contributed by atoms with Gasteiger partial charge in [0.25, 0.3) is 0 Å². The summed E-state index contributed by atoms with van der Waals surface area (Å²) < 4.78 is 0. The molecule has 1 nitrogen and oxygen atoms in total. The third-order valence-corrected chi connectivity index (χ3v) is 2.61. The van der Waals surface area contributed by atoms with Crippen LogP contribution in [-0.4, -0.2) is 18.0 Å². The lowest BCUT2D eigenvalue weighted by molar-refractivity contribution is 0.948. The SMILES string of the molecule is CCN1CC(=S)c2ccccc21. The van der Waals surface area contributed by atoms with Gasteiger partial charge < -0.3 is 4.90 Å². The predicted octanol–water partition coefficient (Wildman–Crippen LogP) is 2.24. The van der Waals surface area contributed by atoms with Crippen LogP contribution in [0.3, 0.4) is 0 Å². The molecule has 1 aliphatic heterocycles. The van der Waals surface area contributed by atoms with Crippen LogP contribution >= 0.6 is 12.2 Å². The number of anilines is 1. The van der Waals surface area contributed by atoms with Crippen molar-refractivity contribution in [1.29, 1.82) is 0 Å². The minimum atomic E-state index is 0.922. The highest BCUT2D eigenvalue weighted by molar-refractivity contribution is 7.81. The molecule has 1 aliphatic rings. The topological polar surface area (TPSA) is 3.24 Å². The van der Waals surface area contributed by atoms with Crippen molar-refractivity contribution in [3.63, 3.8) is 0 Å². The second kappa shape index (κ2) is 2.87. The highest BCUT2D eigenvalue weighted by atomic mass is 32.1. The van der Waals surface area contributed by atoms with Gasteiger partial charge in [-0.05, 0) is 13.0 Å². The van der Waals surface area contributed by atoms with E-state index >= 15 is 0 Å². The van der Waals surface area contributed by atoms with Crippen LogP contribution in [0.5, 0.6) is 0 Å². The average Bonchev–Trinajstić information content (AvgIpc) is 2.44. The van der Waals surface area contributed by atoms with E-state index in [1.54, 1.807) is 0 Å². The molecule has 0 unspecified atom stereocenters. The highest BCUT2D eigenvalue weighted by Gasteiger charge is 2.20. The number of thiocarbonyl (C=S) groups is 1. The summed E-state index contributed by atoms with van der Waals surface area (Å²) >= 11 is 5.28. The summed E-state index contributed by atoms with van der Waals surface area (Å²) in [5.74, 6) is 0.